The van der Waals surface area contributed by atoms with E-state index >= 15 is 0 Å². The van der Waals surface area contributed by atoms with Gasteiger partial charge < -0.3 is 15.5 Å². The molecule has 2 N–H and O–H groups in total. The highest BCUT2D eigenvalue weighted by Gasteiger charge is 2.32. The number of benzene rings is 1. The summed E-state index contributed by atoms with van der Waals surface area (Å²) in [6.07, 6.45) is 4.25. The fourth-order valence-electron chi connectivity index (χ4n) is 3.59. The fraction of sp³-hybridized carbons (Fsp3) is 0.588. The molecule has 114 valence electrons. The number of hydrogen-bond donors (Lipinski definition) is 2. The molecular formula is C17H25N3O. The molecule has 4 heteroatoms. The molecule has 0 aliphatic carbocycles. The van der Waals surface area contributed by atoms with Gasteiger partial charge in [-0.15, -0.1) is 0 Å². The number of fused-ring (bicyclic) bond motifs is 1. The highest BCUT2D eigenvalue weighted by atomic mass is 16.2. The van der Waals surface area contributed by atoms with Crippen LogP contribution in [0, 0.1) is 0 Å². The van der Waals surface area contributed by atoms with Gasteiger partial charge >= 0.3 is 0 Å². The van der Waals surface area contributed by atoms with E-state index in [1.807, 2.05) is 0 Å². The lowest BCUT2D eigenvalue weighted by molar-refractivity contribution is -0.122. The third-order valence-electron chi connectivity index (χ3n) is 4.61. The van der Waals surface area contributed by atoms with Gasteiger partial charge in [-0.3, -0.25) is 4.79 Å². The largest absolute Gasteiger partial charge is 0.359 e. The number of nitrogens with one attached hydrogen (secondary N) is 2. The maximum absolute atomic E-state index is 12.4. The van der Waals surface area contributed by atoms with Crippen LogP contribution in [0.4, 0.5) is 5.69 Å². The van der Waals surface area contributed by atoms with Crippen LogP contribution in [0.5, 0.6) is 0 Å². The molecule has 0 spiro atoms. The summed E-state index contributed by atoms with van der Waals surface area (Å²) in [6.45, 7) is 4.90. The van der Waals surface area contributed by atoms with E-state index in [4.69, 9.17) is 0 Å². The number of amides is 1. The molecule has 4 nitrogen and oxygen atoms in total. The van der Waals surface area contributed by atoms with E-state index in [1.54, 1.807) is 0 Å². The molecule has 1 saturated heterocycles. The van der Waals surface area contributed by atoms with Crippen molar-refractivity contribution in [3.63, 3.8) is 0 Å². The Morgan fingerprint density at radius 2 is 2.14 bits per heavy atom. The summed E-state index contributed by atoms with van der Waals surface area (Å²) in [5, 5.41) is 6.62. The number of carbonyl (C=O) groups excluding carboxylic acids is 1. The van der Waals surface area contributed by atoms with Crippen molar-refractivity contribution in [3.8, 4) is 0 Å². The molecule has 0 radical (unpaired) electrons. The Morgan fingerprint density at radius 3 is 3.00 bits per heavy atom. The predicted octanol–water partition coefficient (Wildman–Crippen LogP) is 2.22. The minimum absolute atomic E-state index is 0.00349. The number of hydrogen-bond acceptors (Lipinski definition) is 3. The Labute approximate surface area is 126 Å². The van der Waals surface area contributed by atoms with Crippen LogP contribution in [0.2, 0.25) is 0 Å². The summed E-state index contributed by atoms with van der Waals surface area (Å²) in [4.78, 5) is 14.7. The molecule has 1 aromatic carbocycles. The Kier molecular flexibility index (Phi) is 4.44. The van der Waals surface area contributed by atoms with Gasteiger partial charge in [0.15, 0.2) is 0 Å². The number of anilines is 1. The molecule has 21 heavy (non-hydrogen) atoms. The topological polar surface area (TPSA) is 44.4 Å². The SMILES string of the molecule is CCNC1CCN(C2CCCCNC2=O)c2ccccc21. The van der Waals surface area contributed by atoms with Crippen LogP contribution in [0.15, 0.2) is 24.3 Å². The summed E-state index contributed by atoms with van der Waals surface area (Å²) in [5.41, 5.74) is 2.57. The molecule has 0 saturated carbocycles. The second-order valence-electron chi connectivity index (χ2n) is 5.95. The lowest BCUT2D eigenvalue weighted by Gasteiger charge is -2.40. The molecule has 0 aromatic heterocycles. The van der Waals surface area contributed by atoms with E-state index in [9.17, 15) is 4.79 Å². The normalized spacial score (nSPS) is 26.0. The molecule has 2 atom stereocenters. The van der Waals surface area contributed by atoms with Crippen LogP contribution < -0.4 is 15.5 Å². The van der Waals surface area contributed by atoms with Crippen LogP contribution in [0.1, 0.15) is 44.2 Å². The van der Waals surface area contributed by atoms with Crippen LogP contribution in [0.3, 0.4) is 0 Å². The molecule has 0 bridgehead atoms. The first-order valence-electron chi connectivity index (χ1n) is 8.18. The Bertz CT molecular complexity index is 503. The molecular weight excluding hydrogens is 262 g/mol. The Morgan fingerprint density at radius 1 is 1.29 bits per heavy atom. The van der Waals surface area contributed by atoms with Gasteiger partial charge in [0.25, 0.3) is 0 Å². The first-order chi connectivity index (χ1) is 10.3. The summed E-state index contributed by atoms with van der Waals surface area (Å²) in [6, 6.07) is 8.95. The van der Waals surface area contributed by atoms with E-state index in [1.165, 1.54) is 11.3 Å². The highest BCUT2D eigenvalue weighted by Crippen LogP contribution is 2.35. The standard InChI is InChI=1S/C17H25N3O/c1-2-18-14-10-12-20(15-8-4-3-7-13(14)15)16-9-5-6-11-19-17(16)21/h3-4,7-8,14,16,18H,2,5-6,9-12H2,1H3,(H,19,21). The van der Waals surface area contributed by atoms with Crippen molar-refractivity contribution in [2.45, 2.75) is 44.7 Å². The van der Waals surface area contributed by atoms with E-state index in [2.05, 4.69) is 46.7 Å². The van der Waals surface area contributed by atoms with E-state index in [0.29, 0.717) is 6.04 Å². The molecule has 2 aliphatic rings. The van der Waals surface area contributed by atoms with E-state index in [-0.39, 0.29) is 11.9 Å². The molecule has 2 heterocycles. The quantitative estimate of drug-likeness (QED) is 0.896. The molecule has 3 rings (SSSR count). The van der Waals surface area contributed by atoms with Gasteiger partial charge in [-0.1, -0.05) is 25.1 Å². The summed E-state index contributed by atoms with van der Waals surface area (Å²) in [7, 11) is 0. The average Bonchev–Trinajstić information content (AvgIpc) is 2.73. The summed E-state index contributed by atoms with van der Waals surface area (Å²) >= 11 is 0. The lowest BCUT2D eigenvalue weighted by Crippen LogP contribution is -2.49. The van der Waals surface area contributed by atoms with Gasteiger partial charge in [0.2, 0.25) is 5.91 Å². The van der Waals surface area contributed by atoms with Crippen molar-refractivity contribution in [3.05, 3.63) is 29.8 Å². The first-order valence-corrected chi connectivity index (χ1v) is 8.18. The van der Waals surface area contributed by atoms with Gasteiger partial charge in [0.05, 0.1) is 0 Å². The second kappa shape index (κ2) is 6.48. The Hall–Kier alpha value is -1.55. The van der Waals surface area contributed by atoms with Crippen molar-refractivity contribution < 1.29 is 4.79 Å². The number of rotatable bonds is 3. The third-order valence-corrected chi connectivity index (χ3v) is 4.61. The zero-order valence-corrected chi connectivity index (χ0v) is 12.8. The third kappa shape index (κ3) is 2.91. The molecule has 1 amide bonds. The van der Waals surface area contributed by atoms with E-state index in [0.717, 1.165) is 45.3 Å². The smallest absolute Gasteiger partial charge is 0.242 e. The van der Waals surface area contributed by atoms with Crippen LogP contribution >= 0.6 is 0 Å². The van der Waals surface area contributed by atoms with Gasteiger partial charge in [0, 0.05) is 24.8 Å². The maximum atomic E-state index is 12.4. The molecule has 2 unspecified atom stereocenters. The molecule has 1 fully saturated rings. The number of carbonyl (C=O) groups is 1. The van der Waals surface area contributed by atoms with Crippen molar-refractivity contribution in [1.82, 2.24) is 10.6 Å². The second-order valence-corrected chi connectivity index (χ2v) is 5.95. The zero-order chi connectivity index (χ0) is 14.7. The van der Waals surface area contributed by atoms with Crippen molar-refractivity contribution in [2.24, 2.45) is 0 Å². The lowest BCUT2D eigenvalue weighted by atomic mass is 9.94. The number of nitrogens with zero attached hydrogens (tertiary/aromatic N) is 1. The maximum Gasteiger partial charge on any atom is 0.242 e. The van der Waals surface area contributed by atoms with Gasteiger partial charge in [0.1, 0.15) is 6.04 Å². The fourth-order valence-corrected chi connectivity index (χ4v) is 3.59. The van der Waals surface area contributed by atoms with Crippen LogP contribution in [0.25, 0.3) is 0 Å². The van der Waals surface area contributed by atoms with Gasteiger partial charge in [-0.25, -0.2) is 0 Å². The Balaban J connectivity index is 1.89. The van der Waals surface area contributed by atoms with Crippen LogP contribution in [-0.4, -0.2) is 31.6 Å². The summed E-state index contributed by atoms with van der Waals surface area (Å²) < 4.78 is 0. The number of para-hydroxylation sites is 1. The first kappa shape index (κ1) is 14.4. The molecule has 1 aromatic rings. The van der Waals surface area contributed by atoms with Crippen LogP contribution in [-0.2, 0) is 4.79 Å². The highest BCUT2D eigenvalue weighted by molar-refractivity contribution is 5.86. The zero-order valence-electron chi connectivity index (χ0n) is 12.8. The van der Waals surface area contributed by atoms with Crippen molar-refractivity contribution in [2.75, 3.05) is 24.5 Å². The molecule has 2 aliphatic heterocycles. The van der Waals surface area contributed by atoms with Gasteiger partial charge in [-0.05, 0) is 43.9 Å². The van der Waals surface area contributed by atoms with Crippen molar-refractivity contribution >= 4 is 11.6 Å². The van der Waals surface area contributed by atoms with Crippen molar-refractivity contribution in [1.29, 1.82) is 0 Å². The summed E-state index contributed by atoms with van der Waals surface area (Å²) in [5.74, 6) is 0.198. The minimum Gasteiger partial charge on any atom is -0.359 e. The van der Waals surface area contributed by atoms with Gasteiger partial charge in [-0.2, -0.15) is 0 Å². The minimum atomic E-state index is -0.00349. The predicted molar refractivity (Wildman–Crippen MR) is 85.5 cm³/mol. The van der Waals surface area contributed by atoms with E-state index < -0.39 is 0 Å². The monoisotopic (exact) mass is 287 g/mol. The average molecular weight is 287 g/mol.